The van der Waals surface area contributed by atoms with Gasteiger partial charge in [0.15, 0.2) is 0 Å². The average Bonchev–Trinajstić information content (AvgIpc) is 2.87. The van der Waals surface area contributed by atoms with E-state index in [1.54, 1.807) is 31.2 Å². The van der Waals surface area contributed by atoms with E-state index in [9.17, 15) is 14.4 Å². The van der Waals surface area contributed by atoms with Gasteiger partial charge < -0.3 is 15.4 Å². The first kappa shape index (κ1) is 19.4. The van der Waals surface area contributed by atoms with Gasteiger partial charge in [0.25, 0.3) is 5.91 Å². The summed E-state index contributed by atoms with van der Waals surface area (Å²) in [5.41, 5.74) is 0.694. The van der Waals surface area contributed by atoms with Crippen molar-refractivity contribution in [2.75, 3.05) is 11.9 Å². The van der Waals surface area contributed by atoms with Crippen molar-refractivity contribution >= 4 is 23.5 Å². The molecule has 1 atom stereocenters. The minimum atomic E-state index is -0.952. The van der Waals surface area contributed by atoms with Crippen LogP contribution in [-0.2, 0) is 9.59 Å². The first-order chi connectivity index (χ1) is 13.3. The standard InChI is InChI=1S/C21H23N3O4/c1-4-21(3)19(26)24(20(27)23-21)13-18(25)22-15-8-10-16(11-9-15)28-17-7-5-6-14(2)12-17/h5-12H,4,13H2,1-3H3,(H,22,25)(H,23,27)/t21-/m0/s1. The van der Waals surface area contributed by atoms with Crippen LogP contribution in [0, 0.1) is 6.92 Å². The number of hydrogen-bond acceptors (Lipinski definition) is 4. The summed E-state index contributed by atoms with van der Waals surface area (Å²) in [5, 5.41) is 5.31. The van der Waals surface area contributed by atoms with Crippen molar-refractivity contribution in [2.45, 2.75) is 32.7 Å². The number of carbonyl (C=O) groups excluding carboxylic acids is 3. The fourth-order valence-corrected chi connectivity index (χ4v) is 2.90. The number of rotatable bonds is 6. The van der Waals surface area contributed by atoms with Crippen LogP contribution in [0.15, 0.2) is 48.5 Å². The first-order valence-corrected chi connectivity index (χ1v) is 9.09. The summed E-state index contributed by atoms with van der Waals surface area (Å²) in [7, 11) is 0. The minimum Gasteiger partial charge on any atom is -0.457 e. The highest BCUT2D eigenvalue weighted by Gasteiger charge is 2.46. The first-order valence-electron chi connectivity index (χ1n) is 9.09. The number of carbonyl (C=O) groups is 3. The summed E-state index contributed by atoms with van der Waals surface area (Å²) in [6.45, 7) is 5.11. The van der Waals surface area contributed by atoms with E-state index in [0.717, 1.165) is 16.2 Å². The van der Waals surface area contributed by atoms with Gasteiger partial charge in [-0.3, -0.25) is 14.5 Å². The van der Waals surface area contributed by atoms with Crippen LogP contribution in [-0.4, -0.2) is 34.8 Å². The number of urea groups is 1. The fraction of sp³-hybridized carbons (Fsp3) is 0.286. The number of aryl methyl sites for hydroxylation is 1. The molecule has 2 aromatic carbocycles. The second-order valence-electron chi connectivity index (χ2n) is 7.00. The van der Waals surface area contributed by atoms with Crippen LogP contribution in [0.5, 0.6) is 11.5 Å². The maximum absolute atomic E-state index is 12.3. The van der Waals surface area contributed by atoms with Crippen molar-refractivity contribution in [1.82, 2.24) is 10.2 Å². The predicted molar refractivity (Wildman–Crippen MR) is 105 cm³/mol. The Hall–Kier alpha value is -3.35. The molecule has 1 heterocycles. The number of amides is 4. The lowest BCUT2D eigenvalue weighted by atomic mass is 9.99. The molecule has 2 N–H and O–H groups in total. The molecule has 2 aromatic rings. The number of ether oxygens (including phenoxy) is 1. The Morgan fingerprint density at radius 2 is 1.86 bits per heavy atom. The molecule has 7 nitrogen and oxygen atoms in total. The van der Waals surface area contributed by atoms with Gasteiger partial charge in [0, 0.05) is 5.69 Å². The largest absolute Gasteiger partial charge is 0.457 e. The Labute approximate surface area is 163 Å². The predicted octanol–water partition coefficient (Wildman–Crippen LogP) is 3.45. The highest BCUT2D eigenvalue weighted by molar-refractivity contribution is 6.09. The van der Waals surface area contributed by atoms with Gasteiger partial charge in [-0.05, 0) is 62.2 Å². The summed E-state index contributed by atoms with van der Waals surface area (Å²) in [6.07, 6.45) is 0.456. The van der Waals surface area contributed by atoms with Gasteiger partial charge in [-0.2, -0.15) is 0 Å². The third kappa shape index (κ3) is 4.14. The van der Waals surface area contributed by atoms with E-state index in [4.69, 9.17) is 4.74 Å². The van der Waals surface area contributed by atoms with Crippen molar-refractivity contribution in [3.8, 4) is 11.5 Å². The molecule has 0 spiro atoms. The molecule has 4 amide bonds. The van der Waals surface area contributed by atoms with Crippen LogP contribution >= 0.6 is 0 Å². The molecule has 0 aromatic heterocycles. The Morgan fingerprint density at radius 3 is 2.46 bits per heavy atom. The van der Waals surface area contributed by atoms with Crippen molar-refractivity contribution in [3.05, 3.63) is 54.1 Å². The van der Waals surface area contributed by atoms with E-state index in [0.29, 0.717) is 17.9 Å². The number of nitrogens with zero attached hydrogens (tertiary/aromatic N) is 1. The number of hydrogen-bond donors (Lipinski definition) is 2. The third-order valence-corrected chi connectivity index (χ3v) is 4.72. The highest BCUT2D eigenvalue weighted by atomic mass is 16.5. The maximum Gasteiger partial charge on any atom is 0.325 e. The number of anilines is 1. The highest BCUT2D eigenvalue weighted by Crippen LogP contribution is 2.24. The molecule has 7 heteroatoms. The minimum absolute atomic E-state index is 0.332. The lowest BCUT2D eigenvalue weighted by Gasteiger charge is -2.19. The molecule has 1 aliphatic heterocycles. The summed E-state index contributed by atoms with van der Waals surface area (Å²) >= 11 is 0. The topological polar surface area (TPSA) is 87.7 Å². The molecule has 1 fully saturated rings. The van der Waals surface area contributed by atoms with Gasteiger partial charge in [-0.25, -0.2) is 4.79 Å². The van der Waals surface area contributed by atoms with Crippen molar-refractivity contribution in [1.29, 1.82) is 0 Å². The molecular weight excluding hydrogens is 358 g/mol. The van der Waals surface area contributed by atoms with E-state index >= 15 is 0 Å². The summed E-state index contributed by atoms with van der Waals surface area (Å²) in [5.74, 6) is 0.527. The van der Waals surface area contributed by atoms with Crippen molar-refractivity contribution < 1.29 is 19.1 Å². The molecule has 28 heavy (non-hydrogen) atoms. The molecule has 1 saturated heterocycles. The quantitative estimate of drug-likeness (QED) is 0.750. The van der Waals surface area contributed by atoms with Gasteiger partial charge in [0.1, 0.15) is 23.6 Å². The van der Waals surface area contributed by atoms with Gasteiger partial charge in [0.05, 0.1) is 0 Å². The fourth-order valence-electron chi connectivity index (χ4n) is 2.90. The number of imide groups is 1. The smallest absolute Gasteiger partial charge is 0.325 e. The van der Waals surface area contributed by atoms with Crippen LogP contribution < -0.4 is 15.4 Å². The van der Waals surface area contributed by atoms with Gasteiger partial charge in [-0.1, -0.05) is 19.1 Å². The Balaban J connectivity index is 1.59. The van der Waals surface area contributed by atoms with Crippen LogP contribution in [0.25, 0.3) is 0 Å². The monoisotopic (exact) mass is 381 g/mol. The third-order valence-electron chi connectivity index (χ3n) is 4.72. The Morgan fingerprint density at radius 1 is 1.14 bits per heavy atom. The summed E-state index contributed by atoms with van der Waals surface area (Å²) < 4.78 is 5.77. The van der Waals surface area contributed by atoms with E-state index in [1.165, 1.54) is 0 Å². The molecular formula is C21H23N3O4. The second-order valence-corrected chi connectivity index (χ2v) is 7.00. The zero-order chi connectivity index (χ0) is 20.3. The maximum atomic E-state index is 12.3. The lowest BCUT2D eigenvalue weighted by molar-refractivity contribution is -0.133. The van der Waals surface area contributed by atoms with E-state index in [2.05, 4.69) is 10.6 Å². The molecule has 3 rings (SSSR count). The number of nitrogens with one attached hydrogen (secondary N) is 2. The normalized spacial score (nSPS) is 18.8. The molecule has 146 valence electrons. The van der Waals surface area contributed by atoms with E-state index in [1.807, 2.05) is 38.1 Å². The van der Waals surface area contributed by atoms with Gasteiger partial charge in [0.2, 0.25) is 5.91 Å². The average molecular weight is 381 g/mol. The Bertz CT molecular complexity index is 910. The lowest BCUT2D eigenvalue weighted by Crippen LogP contribution is -2.44. The van der Waals surface area contributed by atoms with Crippen LogP contribution in [0.4, 0.5) is 10.5 Å². The summed E-state index contributed by atoms with van der Waals surface area (Å²) in [6, 6.07) is 14.0. The second kappa shape index (κ2) is 7.72. The molecule has 0 radical (unpaired) electrons. The van der Waals surface area contributed by atoms with Gasteiger partial charge >= 0.3 is 6.03 Å². The molecule has 0 aliphatic carbocycles. The van der Waals surface area contributed by atoms with Gasteiger partial charge in [-0.15, -0.1) is 0 Å². The zero-order valence-corrected chi connectivity index (χ0v) is 16.1. The number of benzene rings is 2. The molecule has 0 saturated carbocycles. The SMILES string of the molecule is CC[C@]1(C)NC(=O)N(CC(=O)Nc2ccc(Oc3cccc(C)c3)cc2)C1=O. The van der Waals surface area contributed by atoms with Crippen LogP contribution in [0.1, 0.15) is 25.8 Å². The van der Waals surface area contributed by atoms with Crippen LogP contribution in [0.2, 0.25) is 0 Å². The molecule has 1 aliphatic rings. The van der Waals surface area contributed by atoms with Crippen molar-refractivity contribution in [3.63, 3.8) is 0 Å². The van der Waals surface area contributed by atoms with E-state index < -0.39 is 23.4 Å². The summed E-state index contributed by atoms with van der Waals surface area (Å²) in [4.78, 5) is 37.5. The zero-order valence-electron chi connectivity index (χ0n) is 16.1. The van der Waals surface area contributed by atoms with Crippen LogP contribution in [0.3, 0.4) is 0 Å². The van der Waals surface area contributed by atoms with Crippen molar-refractivity contribution in [2.24, 2.45) is 0 Å². The molecule has 0 bridgehead atoms. The van der Waals surface area contributed by atoms with E-state index in [-0.39, 0.29) is 6.54 Å². The Kier molecular flexibility index (Phi) is 5.35. The molecule has 0 unspecified atom stereocenters.